The van der Waals surface area contributed by atoms with E-state index in [0.29, 0.717) is 30.7 Å². The average Bonchev–Trinajstić information content (AvgIpc) is 3.36. The molecule has 0 aliphatic heterocycles. The van der Waals surface area contributed by atoms with E-state index < -0.39 is 0 Å². The van der Waals surface area contributed by atoms with Crippen LogP contribution in [-0.4, -0.2) is 34.3 Å². The third-order valence-corrected chi connectivity index (χ3v) is 5.92. The van der Waals surface area contributed by atoms with E-state index in [1.165, 1.54) is 0 Å². The van der Waals surface area contributed by atoms with Gasteiger partial charge in [0.25, 0.3) is 0 Å². The normalized spacial score (nSPS) is 11.4. The van der Waals surface area contributed by atoms with Crippen LogP contribution in [0.3, 0.4) is 0 Å². The van der Waals surface area contributed by atoms with E-state index >= 15 is 0 Å². The minimum absolute atomic E-state index is 0.0198. The molecule has 0 saturated heterocycles. The third-order valence-electron chi connectivity index (χ3n) is 5.92. The number of rotatable bonds is 10. The van der Waals surface area contributed by atoms with Crippen LogP contribution < -0.4 is 10.1 Å². The fraction of sp³-hybridized carbons (Fsp3) is 0.200. The van der Waals surface area contributed by atoms with Crippen molar-refractivity contribution < 1.29 is 14.6 Å². The van der Waals surface area contributed by atoms with Gasteiger partial charge >= 0.3 is 0 Å². The Balaban J connectivity index is 1.52. The van der Waals surface area contributed by atoms with Crippen LogP contribution in [0.5, 0.6) is 5.75 Å². The van der Waals surface area contributed by atoms with Crippen LogP contribution in [-0.2, 0) is 11.3 Å². The van der Waals surface area contributed by atoms with E-state index in [9.17, 15) is 9.90 Å². The number of carbonyl (C=O) groups is 1. The zero-order valence-corrected chi connectivity index (χ0v) is 20.6. The number of carbonyl (C=O) groups excluding carboxylic acids is 1. The lowest BCUT2D eigenvalue weighted by Crippen LogP contribution is -2.24. The Morgan fingerprint density at radius 3 is 2.58 bits per heavy atom. The Bertz CT molecular complexity index is 1340. The quantitative estimate of drug-likeness (QED) is 0.300. The molecule has 0 bridgehead atoms. The number of ether oxygens (including phenoxy) is 1. The molecular formula is C30H31N3O3. The summed E-state index contributed by atoms with van der Waals surface area (Å²) in [5.74, 6) is 0.530. The standard InChI is InChI=1S/C30H31N3O3/c1-22-20-33(21-32-22)28-14-13-23(18-29(28)36-2)16-27(12-7-15-34)30(35)31-19-24-8-6-11-26(17-24)25-9-4-3-5-10-25/h3-6,8-11,13-14,16-18,20-21,34H,7,12,15,19H2,1-2H3,(H,31,35)/b27-16+. The Labute approximate surface area is 211 Å². The molecule has 6 heteroatoms. The number of aryl methyl sites for hydroxylation is 1. The molecule has 0 radical (unpaired) electrons. The molecule has 4 rings (SSSR count). The molecule has 1 amide bonds. The molecule has 3 aromatic carbocycles. The summed E-state index contributed by atoms with van der Waals surface area (Å²) in [5, 5.41) is 12.4. The number of aliphatic hydroxyl groups is 1. The van der Waals surface area contributed by atoms with Gasteiger partial charge in [0, 0.05) is 24.9 Å². The summed E-state index contributed by atoms with van der Waals surface area (Å²) < 4.78 is 7.51. The first-order valence-corrected chi connectivity index (χ1v) is 12.0. The van der Waals surface area contributed by atoms with Gasteiger partial charge in [-0.15, -0.1) is 0 Å². The van der Waals surface area contributed by atoms with Crippen molar-refractivity contribution in [2.45, 2.75) is 26.3 Å². The lowest BCUT2D eigenvalue weighted by molar-refractivity contribution is -0.117. The maximum Gasteiger partial charge on any atom is 0.247 e. The molecule has 184 valence electrons. The second-order valence-electron chi connectivity index (χ2n) is 8.60. The summed E-state index contributed by atoms with van der Waals surface area (Å²) >= 11 is 0. The summed E-state index contributed by atoms with van der Waals surface area (Å²) in [6.45, 7) is 2.37. The topological polar surface area (TPSA) is 76.4 Å². The van der Waals surface area contributed by atoms with Crippen molar-refractivity contribution in [1.29, 1.82) is 0 Å². The van der Waals surface area contributed by atoms with Crippen LogP contribution in [0.15, 0.2) is 90.9 Å². The summed E-state index contributed by atoms with van der Waals surface area (Å²) in [6, 6.07) is 24.1. The Morgan fingerprint density at radius 1 is 1.06 bits per heavy atom. The maximum absolute atomic E-state index is 13.1. The van der Waals surface area contributed by atoms with E-state index in [1.54, 1.807) is 13.4 Å². The number of nitrogens with zero attached hydrogens (tertiary/aromatic N) is 2. The number of benzene rings is 3. The third kappa shape index (κ3) is 6.29. The minimum atomic E-state index is -0.151. The summed E-state index contributed by atoms with van der Waals surface area (Å²) in [6.07, 6.45) is 6.51. The van der Waals surface area contributed by atoms with Crippen molar-refractivity contribution in [3.8, 4) is 22.6 Å². The van der Waals surface area contributed by atoms with Crippen molar-refractivity contribution >= 4 is 12.0 Å². The first-order chi connectivity index (χ1) is 17.6. The highest BCUT2D eigenvalue weighted by Crippen LogP contribution is 2.26. The number of aliphatic hydroxyl groups excluding tert-OH is 1. The molecular weight excluding hydrogens is 450 g/mol. The van der Waals surface area contributed by atoms with Gasteiger partial charge in [-0.3, -0.25) is 4.79 Å². The minimum Gasteiger partial charge on any atom is -0.495 e. The fourth-order valence-electron chi connectivity index (χ4n) is 4.06. The maximum atomic E-state index is 13.1. The molecule has 0 atom stereocenters. The lowest BCUT2D eigenvalue weighted by Gasteiger charge is -2.12. The van der Waals surface area contributed by atoms with E-state index in [0.717, 1.165) is 33.6 Å². The van der Waals surface area contributed by atoms with Crippen molar-refractivity contribution in [2.24, 2.45) is 0 Å². The zero-order chi connectivity index (χ0) is 25.3. The predicted octanol–water partition coefficient (Wildman–Crippen LogP) is 5.33. The van der Waals surface area contributed by atoms with Crippen molar-refractivity contribution in [1.82, 2.24) is 14.9 Å². The van der Waals surface area contributed by atoms with Crippen molar-refractivity contribution in [3.63, 3.8) is 0 Å². The molecule has 0 spiro atoms. The second-order valence-corrected chi connectivity index (χ2v) is 8.60. The first-order valence-electron chi connectivity index (χ1n) is 12.0. The molecule has 0 fully saturated rings. The van der Waals surface area contributed by atoms with Gasteiger partial charge in [0.05, 0.1) is 24.8 Å². The van der Waals surface area contributed by atoms with Crippen LogP contribution in [0.4, 0.5) is 0 Å². The summed E-state index contributed by atoms with van der Waals surface area (Å²) in [4.78, 5) is 17.4. The van der Waals surface area contributed by atoms with Gasteiger partial charge in [-0.05, 0) is 66.3 Å². The number of imidazole rings is 1. The molecule has 0 saturated carbocycles. The van der Waals surface area contributed by atoms with Crippen LogP contribution in [0.2, 0.25) is 0 Å². The van der Waals surface area contributed by atoms with E-state index in [2.05, 4.69) is 34.6 Å². The molecule has 36 heavy (non-hydrogen) atoms. The van der Waals surface area contributed by atoms with Gasteiger partial charge in [-0.1, -0.05) is 54.6 Å². The van der Waals surface area contributed by atoms with E-state index in [-0.39, 0.29) is 12.5 Å². The number of hydrogen-bond donors (Lipinski definition) is 2. The highest BCUT2D eigenvalue weighted by molar-refractivity contribution is 5.97. The molecule has 1 aromatic heterocycles. The van der Waals surface area contributed by atoms with Crippen LogP contribution in [0.25, 0.3) is 22.9 Å². The lowest BCUT2D eigenvalue weighted by atomic mass is 10.0. The summed E-state index contributed by atoms with van der Waals surface area (Å²) in [7, 11) is 1.62. The van der Waals surface area contributed by atoms with Crippen LogP contribution in [0.1, 0.15) is 29.7 Å². The molecule has 0 aliphatic rings. The molecule has 2 N–H and O–H groups in total. The van der Waals surface area contributed by atoms with Gasteiger partial charge < -0.3 is 19.7 Å². The number of nitrogens with one attached hydrogen (secondary N) is 1. The second kappa shape index (κ2) is 12.0. The van der Waals surface area contributed by atoms with E-state index in [1.807, 2.05) is 72.3 Å². The number of amides is 1. The van der Waals surface area contributed by atoms with Gasteiger partial charge in [0.15, 0.2) is 0 Å². The van der Waals surface area contributed by atoms with Gasteiger partial charge in [-0.2, -0.15) is 0 Å². The largest absolute Gasteiger partial charge is 0.495 e. The predicted molar refractivity (Wildman–Crippen MR) is 143 cm³/mol. The van der Waals surface area contributed by atoms with Gasteiger partial charge in [0.1, 0.15) is 5.75 Å². The molecule has 6 nitrogen and oxygen atoms in total. The Kier molecular flexibility index (Phi) is 8.32. The van der Waals surface area contributed by atoms with Crippen molar-refractivity contribution in [3.05, 3.63) is 108 Å². The molecule has 0 unspecified atom stereocenters. The highest BCUT2D eigenvalue weighted by atomic mass is 16.5. The number of aromatic nitrogens is 2. The van der Waals surface area contributed by atoms with Crippen LogP contribution >= 0.6 is 0 Å². The van der Waals surface area contributed by atoms with Crippen LogP contribution in [0, 0.1) is 6.92 Å². The van der Waals surface area contributed by atoms with Gasteiger partial charge in [0.2, 0.25) is 5.91 Å². The summed E-state index contributed by atoms with van der Waals surface area (Å²) in [5.41, 5.74) is 6.51. The first kappa shape index (κ1) is 24.9. The Hall–Kier alpha value is -4.16. The van der Waals surface area contributed by atoms with E-state index in [4.69, 9.17) is 4.74 Å². The molecule has 1 heterocycles. The SMILES string of the molecule is COc1cc(/C=C(\CCCO)C(=O)NCc2cccc(-c3ccccc3)c2)ccc1-n1cnc(C)c1. The Morgan fingerprint density at radius 2 is 1.86 bits per heavy atom. The number of methoxy groups -OCH3 is 1. The molecule has 0 aliphatic carbocycles. The highest BCUT2D eigenvalue weighted by Gasteiger charge is 2.12. The monoisotopic (exact) mass is 481 g/mol. The number of hydrogen-bond acceptors (Lipinski definition) is 4. The fourth-order valence-corrected chi connectivity index (χ4v) is 4.06. The molecule has 4 aromatic rings. The van der Waals surface area contributed by atoms with Gasteiger partial charge in [-0.25, -0.2) is 4.98 Å². The smallest absolute Gasteiger partial charge is 0.247 e. The average molecular weight is 482 g/mol. The van der Waals surface area contributed by atoms with Crippen molar-refractivity contribution in [2.75, 3.05) is 13.7 Å². The zero-order valence-electron chi connectivity index (χ0n) is 20.6.